The molecule has 3 N–H and O–H groups in total. The van der Waals surface area contributed by atoms with Crippen LogP contribution in [0.25, 0.3) is 0 Å². The van der Waals surface area contributed by atoms with Crippen LogP contribution in [-0.4, -0.2) is 23.1 Å². The largest absolute Gasteiger partial charge is 0.480 e. The Morgan fingerprint density at radius 2 is 1.86 bits per heavy atom. The van der Waals surface area contributed by atoms with E-state index >= 15 is 0 Å². The Bertz CT molecular complexity index is 531. The number of carboxylic acid groups (broad SMARTS) is 1. The van der Waals surface area contributed by atoms with Crippen LogP contribution in [0.4, 0.5) is 14.9 Å². The maximum absolute atomic E-state index is 13.0. The summed E-state index contributed by atoms with van der Waals surface area (Å²) in [5.41, 5.74) is 0.0190. The van der Waals surface area contributed by atoms with Crippen LogP contribution in [0.15, 0.2) is 12.1 Å². The third-order valence-corrected chi connectivity index (χ3v) is 3.61. The van der Waals surface area contributed by atoms with Gasteiger partial charge in [0.15, 0.2) is 0 Å². The van der Waals surface area contributed by atoms with E-state index in [1.807, 2.05) is 6.92 Å². The van der Waals surface area contributed by atoms with E-state index in [9.17, 15) is 14.0 Å². The molecule has 1 rings (SSSR count). The molecule has 0 radical (unpaired) electrons. The van der Waals surface area contributed by atoms with E-state index in [4.69, 9.17) is 28.3 Å². The van der Waals surface area contributed by atoms with Crippen LogP contribution in [0.5, 0.6) is 0 Å². The summed E-state index contributed by atoms with van der Waals surface area (Å²) in [4.78, 5) is 23.0. The molecule has 0 aromatic heterocycles. The van der Waals surface area contributed by atoms with Crippen LogP contribution in [0.2, 0.25) is 10.0 Å². The van der Waals surface area contributed by atoms with Crippen LogP contribution in [-0.2, 0) is 4.79 Å². The minimum Gasteiger partial charge on any atom is -0.480 e. The second kappa shape index (κ2) is 7.47. The van der Waals surface area contributed by atoms with Crippen LogP contribution in [0, 0.1) is 11.7 Å². The van der Waals surface area contributed by atoms with Crippen molar-refractivity contribution in [3.63, 3.8) is 0 Å². The summed E-state index contributed by atoms with van der Waals surface area (Å²) in [5.74, 6) is -2.04. The molecule has 0 saturated carbocycles. The molecular formula is C13H15Cl2FN2O3. The molecule has 1 aromatic rings. The van der Waals surface area contributed by atoms with E-state index < -0.39 is 23.9 Å². The number of aliphatic carboxylic acids is 1. The first kappa shape index (κ1) is 17.5. The number of carboxylic acids is 1. The summed E-state index contributed by atoms with van der Waals surface area (Å²) in [6.07, 6.45) is 0.579. The Morgan fingerprint density at radius 1 is 1.33 bits per heavy atom. The molecule has 5 nitrogen and oxygen atoms in total. The maximum Gasteiger partial charge on any atom is 0.326 e. The van der Waals surface area contributed by atoms with E-state index in [-0.39, 0.29) is 21.7 Å². The predicted molar refractivity (Wildman–Crippen MR) is 79.5 cm³/mol. The minimum absolute atomic E-state index is 0.0190. The monoisotopic (exact) mass is 336 g/mol. The van der Waals surface area contributed by atoms with E-state index in [2.05, 4.69) is 10.6 Å². The SMILES string of the molecule is CC[C@H](C)[C@H](NC(=O)Nc1c(Cl)cc(F)cc1Cl)C(=O)O. The summed E-state index contributed by atoms with van der Waals surface area (Å²) in [6, 6.07) is 0.157. The highest BCUT2D eigenvalue weighted by Gasteiger charge is 2.25. The smallest absolute Gasteiger partial charge is 0.326 e. The molecule has 2 amide bonds. The van der Waals surface area contributed by atoms with Gasteiger partial charge in [0.2, 0.25) is 0 Å². The molecular weight excluding hydrogens is 322 g/mol. The van der Waals surface area contributed by atoms with Gasteiger partial charge in [-0.15, -0.1) is 0 Å². The van der Waals surface area contributed by atoms with Crippen molar-refractivity contribution in [2.75, 3.05) is 5.32 Å². The Hall–Kier alpha value is -1.53. The minimum atomic E-state index is -1.14. The summed E-state index contributed by atoms with van der Waals surface area (Å²) in [6.45, 7) is 3.52. The van der Waals surface area contributed by atoms with Crippen molar-refractivity contribution >= 4 is 40.9 Å². The van der Waals surface area contributed by atoms with Crippen LogP contribution < -0.4 is 10.6 Å². The zero-order chi connectivity index (χ0) is 16.2. The molecule has 8 heteroatoms. The average Bonchev–Trinajstić information content (AvgIpc) is 2.39. The number of carbonyl (C=O) groups excluding carboxylic acids is 1. The lowest BCUT2D eigenvalue weighted by Crippen LogP contribution is -2.46. The van der Waals surface area contributed by atoms with Gasteiger partial charge >= 0.3 is 12.0 Å². The van der Waals surface area contributed by atoms with Gasteiger partial charge in [0.25, 0.3) is 0 Å². The molecule has 0 aliphatic heterocycles. The van der Waals surface area contributed by atoms with Crippen molar-refractivity contribution in [1.82, 2.24) is 5.32 Å². The molecule has 0 spiro atoms. The zero-order valence-electron chi connectivity index (χ0n) is 11.4. The lowest BCUT2D eigenvalue weighted by molar-refractivity contribution is -0.140. The fraction of sp³-hybridized carbons (Fsp3) is 0.385. The molecule has 21 heavy (non-hydrogen) atoms. The number of rotatable bonds is 5. The number of urea groups is 1. The van der Waals surface area contributed by atoms with E-state index in [1.54, 1.807) is 6.92 Å². The first-order chi connectivity index (χ1) is 9.76. The molecule has 0 unspecified atom stereocenters. The van der Waals surface area contributed by atoms with E-state index in [1.165, 1.54) is 0 Å². The van der Waals surface area contributed by atoms with Gasteiger partial charge in [-0.1, -0.05) is 43.5 Å². The Morgan fingerprint density at radius 3 is 2.29 bits per heavy atom. The molecule has 0 bridgehead atoms. The molecule has 0 saturated heterocycles. The quantitative estimate of drug-likeness (QED) is 0.766. The maximum atomic E-state index is 13.0. The highest BCUT2D eigenvalue weighted by molar-refractivity contribution is 6.39. The number of benzene rings is 1. The van der Waals surface area contributed by atoms with Crippen molar-refractivity contribution in [2.24, 2.45) is 5.92 Å². The van der Waals surface area contributed by atoms with Crippen molar-refractivity contribution in [2.45, 2.75) is 26.3 Å². The second-order valence-corrected chi connectivity index (χ2v) is 5.36. The predicted octanol–water partition coefficient (Wildman–Crippen LogP) is 3.75. The van der Waals surface area contributed by atoms with Gasteiger partial charge in [0.1, 0.15) is 11.9 Å². The van der Waals surface area contributed by atoms with Gasteiger partial charge in [0, 0.05) is 0 Å². The van der Waals surface area contributed by atoms with E-state index in [0.29, 0.717) is 6.42 Å². The van der Waals surface area contributed by atoms with Crippen molar-refractivity contribution in [1.29, 1.82) is 0 Å². The number of amides is 2. The van der Waals surface area contributed by atoms with Gasteiger partial charge in [-0.3, -0.25) is 0 Å². The highest BCUT2D eigenvalue weighted by Crippen LogP contribution is 2.31. The summed E-state index contributed by atoms with van der Waals surface area (Å²) < 4.78 is 13.0. The fourth-order valence-corrected chi connectivity index (χ4v) is 2.19. The van der Waals surface area contributed by atoms with Crippen molar-refractivity contribution in [3.05, 3.63) is 28.0 Å². The second-order valence-electron chi connectivity index (χ2n) is 4.54. The van der Waals surface area contributed by atoms with Gasteiger partial charge in [-0.05, 0) is 18.1 Å². The number of hydrogen-bond acceptors (Lipinski definition) is 2. The number of nitrogens with one attached hydrogen (secondary N) is 2. The van der Waals surface area contributed by atoms with E-state index in [0.717, 1.165) is 12.1 Å². The normalized spacial score (nSPS) is 13.4. The van der Waals surface area contributed by atoms with Crippen LogP contribution >= 0.6 is 23.2 Å². The van der Waals surface area contributed by atoms with Crippen molar-refractivity contribution in [3.8, 4) is 0 Å². The first-order valence-electron chi connectivity index (χ1n) is 6.21. The number of halogens is 3. The zero-order valence-corrected chi connectivity index (χ0v) is 12.9. The number of anilines is 1. The third kappa shape index (κ3) is 4.75. The summed E-state index contributed by atoms with van der Waals surface area (Å²) in [5, 5.41) is 13.6. The number of hydrogen-bond donors (Lipinski definition) is 3. The van der Waals surface area contributed by atoms with Crippen LogP contribution in [0.1, 0.15) is 20.3 Å². The lowest BCUT2D eigenvalue weighted by Gasteiger charge is -2.20. The Kier molecular flexibility index (Phi) is 6.23. The Labute approximate surface area is 131 Å². The summed E-state index contributed by atoms with van der Waals surface area (Å²) >= 11 is 11.6. The molecule has 0 heterocycles. The van der Waals surface area contributed by atoms with Crippen LogP contribution in [0.3, 0.4) is 0 Å². The standard InChI is InChI=1S/C13H15Cl2FN2O3/c1-3-6(2)10(12(19)20)17-13(21)18-11-8(14)4-7(16)5-9(11)15/h4-6,10H,3H2,1-2H3,(H,19,20)(H2,17,18,21)/t6-,10-/m0/s1. The van der Waals surface area contributed by atoms with Crippen molar-refractivity contribution < 1.29 is 19.1 Å². The molecule has 0 aliphatic carbocycles. The summed E-state index contributed by atoms with van der Waals surface area (Å²) in [7, 11) is 0. The molecule has 1 aromatic carbocycles. The lowest BCUT2D eigenvalue weighted by atomic mass is 9.99. The fourth-order valence-electron chi connectivity index (χ4n) is 1.64. The highest BCUT2D eigenvalue weighted by atomic mass is 35.5. The first-order valence-corrected chi connectivity index (χ1v) is 6.96. The molecule has 2 atom stereocenters. The van der Waals surface area contributed by atoms with Gasteiger partial charge < -0.3 is 15.7 Å². The third-order valence-electron chi connectivity index (χ3n) is 3.01. The van der Waals surface area contributed by atoms with Gasteiger partial charge in [0.05, 0.1) is 15.7 Å². The molecule has 0 aliphatic rings. The molecule has 116 valence electrons. The molecule has 0 fully saturated rings. The Balaban J connectivity index is 2.84. The number of carbonyl (C=O) groups is 2. The average molecular weight is 337 g/mol. The van der Waals surface area contributed by atoms with Gasteiger partial charge in [-0.2, -0.15) is 0 Å². The topological polar surface area (TPSA) is 78.4 Å². The van der Waals surface area contributed by atoms with Gasteiger partial charge in [-0.25, -0.2) is 14.0 Å².